The van der Waals surface area contributed by atoms with Crippen molar-refractivity contribution in [3.8, 4) is 22.8 Å². The monoisotopic (exact) mass is 352 g/mol. The largest absolute Gasteiger partial charge is 0.493 e. The lowest BCUT2D eigenvalue weighted by Gasteiger charge is -2.08. The van der Waals surface area contributed by atoms with Gasteiger partial charge >= 0.3 is 0 Å². The first-order valence-electron chi connectivity index (χ1n) is 7.86. The summed E-state index contributed by atoms with van der Waals surface area (Å²) in [5, 5.41) is 7.11. The van der Waals surface area contributed by atoms with Crippen molar-refractivity contribution in [3.63, 3.8) is 0 Å². The number of carbonyl (C=O) groups is 1. The molecule has 0 amide bonds. The summed E-state index contributed by atoms with van der Waals surface area (Å²) in [5.41, 5.74) is 2.65. The zero-order valence-corrected chi connectivity index (χ0v) is 14.3. The number of halogens is 1. The van der Waals surface area contributed by atoms with E-state index in [0.29, 0.717) is 28.5 Å². The Labute approximate surface area is 150 Å². The average molecular weight is 352 g/mol. The molecule has 0 radical (unpaired) electrons. The maximum atomic E-state index is 12.9. The van der Waals surface area contributed by atoms with Gasteiger partial charge in [-0.05, 0) is 60.7 Å². The highest BCUT2D eigenvalue weighted by Crippen LogP contribution is 2.31. The summed E-state index contributed by atoms with van der Waals surface area (Å²) >= 11 is 0. The van der Waals surface area contributed by atoms with Gasteiger partial charge in [-0.25, -0.2) is 4.39 Å². The van der Waals surface area contributed by atoms with E-state index >= 15 is 0 Å². The average Bonchev–Trinajstić information content (AvgIpc) is 3.15. The Morgan fingerprint density at radius 3 is 2.46 bits per heavy atom. The van der Waals surface area contributed by atoms with Gasteiger partial charge < -0.3 is 9.47 Å². The molecule has 0 aliphatic carbocycles. The van der Waals surface area contributed by atoms with E-state index in [0.717, 1.165) is 5.56 Å². The molecule has 3 rings (SSSR count). The van der Waals surface area contributed by atoms with Crippen molar-refractivity contribution in [2.75, 3.05) is 14.2 Å². The Morgan fingerprint density at radius 2 is 1.77 bits per heavy atom. The minimum atomic E-state index is -0.376. The molecule has 132 valence electrons. The minimum Gasteiger partial charge on any atom is -0.493 e. The second-order valence-corrected chi connectivity index (χ2v) is 5.48. The normalized spacial score (nSPS) is 10.9. The van der Waals surface area contributed by atoms with Gasteiger partial charge in [-0.3, -0.25) is 9.89 Å². The van der Waals surface area contributed by atoms with Gasteiger partial charge in [0.1, 0.15) is 5.82 Å². The van der Waals surface area contributed by atoms with Crippen LogP contribution < -0.4 is 9.47 Å². The number of rotatable bonds is 6. The van der Waals surface area contributed by atoms with Gasteiger partial charge in [-0.2, -0.15) is 5.10 Å². The predicted molar refractivity (Wildman–Crippen MR) is 96.9 cm³/mol. The number of hydrogen-bond donors (Lipinski definition) is 1. The lowest BCUT2D eigenvalue weighted by Crippen LogP contribution is -1.93. The number of H-pyrrole nitrogens is 1. The second kappa shape index (κ2) is 7.65. The van der Waals surface area contributed by atoms with Gasteiger partial charge in [0.15, 0.2) is 17.3 Å². The Kier molecular flexibility index (Phi) is 5.12. The van der Waals surface area contributed by atoms with Gasteiger partial charge in [-0.1, -0.05) is 0 Å². The Hall–Kier alpha value is -3.41. The number of carbonyl (C=O) groups excluding carboxylic acids is 1. The highest BCUT2D eigenvalue weighted by atomic mass is 19.1. The van der Waals surface area contributed by atoms with Crippen molar-refractivity contribution >= 4 is 11.9 Å². The first kappa shape index (κ1) is 17.4. The molecule has 2 aromatic carbocycles. The molecule has 3 aromatic rings. The quantitative estimate of drug-likeness (QED) is 0.535. The van der Waals surface area contributed by atoms with Crippen LogP contribution in [0, 0.1) is 5.82 Å². The van der Waals surface area contributed by atoms with E-state index in [1.54, 1.807) is 26.4 Å². The molecule has 1 heterocycles. The molecule has 0 fully saturated rings. The summed E-state index contributed by atoms with van der Waals surface area (Å²) in [6, 6.07) is 12.7. The maximum absolute atomic E-state index is 12.9. The summed E-state index contributed by atoms with van der Waals surface area (Å²) in [4.78, 5) is 12.1. The second-order valence-electron chi connectivity index (χ2n) is 5.48. The molecule has 0 aliphatic heterocycles. The number of aromatic amines is 1. The number of benzene rings is 2. The van der Waals surface area contributed by atoms with Crippen LogP contribution in [-0.2, 0) is 0 Å². The number of ketones is 1. The number of nitrogens with one attached hydrogen (secondary N) is 1. The Balaban J connectivity index is 1.77. The summed E-state index contributed by atoms with van der Waals surface area (Å²) in [6.07, 6.45) is 3.04. The van der Waals surface area contributed by atoms with Crippen molar-refractivity contribution in [2.45, 2.75) is 0 Å². The van der Waals surface area contributed by atoms with E-state index < -0.39 is 0 Å². The van der Waals surface area contributed by atoms with E-state index in [1.807, 2.05) is 18.2 Å². The molecule has 26 heavy (non-hydrogen) atoms. The van der Waals surface area contributed by atoms with Crippen LogP contribution in [0.2, 0.25) is 0 Å². The zero-order valence-electron chi connectivity index (χ0n) is 14.3. The van der Waals surface area contributed by atoms with Crippen LogP contribution in [0.4, 0.5) is 4.39 Å². The number of nitrogens with zero attached hydrogens (tertiary/aromatic N) is 1. The van der Waals surface area contributed by atoms with Crippen LogP contribution in [-0.4, -0.2) is 30.2 Å². The highest BCUT2D eigenvalue weighted by molar-refractivity contribution is 6.06. The van der Waals surface area contributed by atoms with Crippen molar-refractivity contribution in [1.29, 1.82) is 0 Å². The van der Waals surface area contributed by atoms with Crippen LogP contribution in [0.25, 0.3) is 17.3 Å². The molecule has 0 atom stereocenters. The number of allylic oxidation sites excluding steroid dienone is 1. The van der Waals surface area contributed by atoms with E-state index in [2.05, 4.69) is 10.2 Å². The highest BCUT2D eigenvalue weighted by Gasteiger charge is 2.09. The molecule has 0 saturated carbocycles. The fourth-order valence-electron chi connectivity index (χ4n) is 2.44. The summed E-state index contributed by atoms with van der Waals surface area (Å²) < 4.78 is 23.4. The molecule has 1 N–H and O–H groups in total. The van der Waals surface area contributed by atoms with E-state index in [1.165, 1.54) is 30.3 Å². The zero-order chi connectivity index (χ0) is 18.5. The van der Waals surface area contributed by atoms with E-state index in [9.17, 15) is 9.18 Å². The molecule has 0 bridgehead atoms. The molecule has 0 aliphatic rings. The van der Waals surface area contributed by atoms with Gasteiger partial charge in [0.25, 0.3) is 0 Å². The van der Waals surface area contributed by atoms with Crippen molar-refractivity contribution in [1.82, 2.24) is 10.2 Å². The maximum Gasteiger partial charge on any atom is 0.185 e. The molecule has 0 spiro atoms. The standard InChI is InChI=1S/C20H17FN2O3/c1-25-19-10-5-14(11-20(19)26-2)17-12-16(22-23-17)8-9-18(24)13-3-6-15(21)7-4-13/h3-12H,1-2H3,(H,22,23)/b9-8+. The van der Waals surface area contributed by atoms with Crippen LogP contribution in [0.3, 0.4) is 0 Å². The lowest BCUT2D eigenvalue weighted by atomic mass is 10.1. The molecule has 1 aromatic heterocycles. The van der Waals surface area contributed by atoms with Crippen LogP contribution in [0.1, 0.15) is 16.1 Å². The van der Waals surface area contributed by atoms with Crippen LogP contribution >= 0.6 is 0 Å². The summed E-state index contributed by atoms with van der Waals surface area (Å²) in [5.74, 6) is 0.652. The number of methoxy groups -OCH3 is 2. The smallest absolute Gasteiger partial charge is 0.185 e. The van der Waals surface area contributed by atoms with E-state index in [4.69, 9.17) is 9.47 Å². The first-order chi connectivity index (χ1) is 12.6. The Morgan fingerprint density at radius 1 is 1.04 bits per heavy atom. The predicted octanol–water partition coefficient (Wildman–Crippen LogP) is 4.13. The van der Waals surface area contributed by atoms with Crippen molar-refractivity contribution < 1.29 is 18.7 Å². The summed E-state index contributed by atoms with van der Waals surface area (Å²) in [7, 11) is 3.15. The third-order valence-electron chi connectivity index (χ3n) is 3.82. The number of ether oxygens (including phenoxy) is 2. The van der Waals surface area contributed by atoms with Crippen molar-refractivity contribution in [2.24, 2.45) is 0 Å². The number of aromatic nitrogens is 2. The Bertz CT molecular complexity index is 946. The molecule has 0 unspecified atom stereocenters. The third kappa shape index (κ3) is 3.80. The van der Waals surface area contributed by atoms with Gasteiger partial charge in [-0.15, -0.1) is 0 Å². The van der Waals surface area contributed by atoms with Crippen molar-refractivity contribution in [3.05, 3.63) is 71.7 Å². The molecule has 5 nitrogen and oxygen atoms in total. The van der Waals surface area contributed by atoms with Gasteiger partial charge in [0.2, 0.25) is 0 Å². The molecule has 6 heteroatoms. The SMILES string of the molecule is COc1ccc(-c2cc(/C=C/C(=O)c3ccc(F)cc3)[nH]n2)cc1OC. The molecular formula is C20H17FN2O3. The third-order valence-corrected chi connectivity index (χ3v) is 3.82. The summed E-state index contributed by atoms with van der Waals surface area (Å²) in [6.45, 7) is 0. The lowest BCUT2D eigenvalue weighted by molar-refractivity contribution is 0.104. The fraction of sp³-hybridized carbons (Fsp3) is 0.100. The fourth-order valence-corrected chi connectivity index (χ4v) is 2.44. The van der Waals surface area contributed by atoms with Gasteiger partial charge in [0, 0.05) is 11.1 Å². The minimum absolute atomic E-state index is 0.215. The number of hydrogen-bond acceptors (Lipinski definition) is 4. The van der Waals surface area contributed by atoms with Crippen LogP contribution in [0.15, 0.2) is 54.6 Å². The first-order valence-corrected chi connectivity index (χ1v) is 7.86. The van der Waals surface area contributed by atoms with Gasteiger partial charge in [0.05, 0.1) is 25.6 Å². The van der Waals surface area contributed by atoms with Crippen LogP contribution in [0.5, 0.6) is 11.5 Å². The molecule has 0 saturated heterocycles. The molecular weight excluding hydrogens is 335 g/mol. The van der Waals surface area contributed by atoms with E-state index in [-0.39, 0.29) is 11.6 Å². The topological polar surface area (TPSA) is 64.2 Å².